The van der Waals surface area contributed by atoms with Crippen LogP contribution < -0.4 is 35.3 Å². The van der Waals surface area contributed by atoms with E-state index in [-0.39, 0.29) is 29.6 Å². The van der Waals surface area contributed by atoms with Gasteiger partial charge in [0.1, 0.15) is 16.2 Å². The second-order valence-electron chi connectivity index (χ2n) is 2.95. The van der Waals surface area contributed by atoms with Crippen molar-refractivity contribution in [2.24, 2.45) is 5.73 Å². The molecule has 19 heavy (non-hydrogen) atoms. The molecule has 0 fully saturated rings. The molecule has 0 bridgehead atoms. The number of primary amides is 1. The summed E-state index contributed by atoms with van der Waals surface area (Å²) >= 11 is 16.8. The van der Waals surface area contributed by atoms with Crippen molar-refractivity contribution >= 4 is 50.8 Å². The van der Waals surface area contributed by atoms with Crippen molar-refractivity contribution in [3.63, 3.8) is 0 Å². The summed E-state index contributed by atoms with van der Waals surface area (Å²) in [6.07, 6.45) is 0. The van der Waals surface area contributed by atoms with Crippen LogP contribution in [0.25, 0.3) is 0 Å². The first-order valence-corrected chi connectivity index (χ1v) is 6.53. The summed E-state index contributed by atoms with van der Waals surface area (Å²) in [4.78, 5) is 10.0. The number of carbonyl (C=O) groups excluding carboxylic acids is 1. The van der Waals surface area contributed by atoms with Gasteiger partial charge in [-0.2, -0.15) is 5.26 Å². The summed E-state index contributed by atoms with van der Waals surface area (Å²) < 4.78 is 33.0. The van der Waals surface area contributed by atoms with E-state index in [0.717, 1.165) is 0 Å². The molecule has 0 saturated carbocycles. The average molecular weight is 352 g/mol. The van der Waals surface area contributed by atoms with E-state index in [1.54, 1.807) is 0 Å². The molecule has 1 amide bonds. The maximum Gasteiger partial charge on any atom is 1.00 e. The van der Waals surface area contributed by atoms with Gasteiger partial charge in [0.05, 0.1) is 31.1 Å². The zero-order valence-electron chi connectivity index (χ0n) is 9.20. The Bertz CT molecular complexity index is 699. The van der Waals surface area contributed by atoms with E-state index in [1.165, 1.54) is 6.07 Å². The van der Waals surface area contributed by atoms with Gasteiger partial charge >= 0.3 is 29.6 Å². The quantitative estimate of drug-likeness (QED) is 0.395. The number of carbonyl (C=O) groups is 1. The van der Waals surface area contributed by atoms with Gasteiger partial charge in [-0.3, -0.25) is 4.79 Å². The standard InChI is InChI=1S/C8H3Cl3N2O4S.Na/c9-4-2(1-12)7(18(15,16)17)6(11)5(10)3(4)8(13)14;/h(H2,13,14)(H,15,16,17);/q;+1/p-1. The van der Waals surface area contributed by atoms with E-state index >= 15 is 0 Å². The van der Waals surface area contributed by atoms with Crippen LogP contribution in [0.1, 0.15) is 15.9 Å². The summed E-state index contributed by atoms with van der Waals surface area (Å²) in [5, 5.41) is 6.80. The minimum atomic E-state index is -5.09. The van der Waals surface area contributed by atoms with Crippen molar-refractivity contribution in [2.45, 2.75) is 4.90 Å². The van der Waals surface area contributed by atoms with E-state index in [1.807, 2.05) is 0 Å². The summed E-state index contributed by atoms with van der Waals surface area (Å²) in [7, 11) is -5.09. The van der Waals surface area contributed by atoms with Crippen molar-refractivity contribution < 1.29 is 47.3 Å². The van der Waals surface area contributed by atoms with Crippen molar-refractivity contribution in [3.05, 3.63) is 26.2 Å². The number of amides is 1. The van der Waals surface area contributed by atoms with Crippen LogP contribution in [0.2, 0.25) is 15.1 Å². The third kappa shape index (κ3) is 3.54. The predicted molar refractivity (Wildman–Crippen MR) is 62.7 cm³/mol. The number of nitrogens with zero attached hydrogens (tertiary/aromatic N) is 1. The molecular weight excluding hydrogens is 350 g/mol. The molecule has 0 aliphatic heterocycles. The maximum absolute atomic E-state index is 11.1. The first kappa shape index (κ1) is 19.0. The van der Waals surface area contributed by atoms with Gasteiger partial charge in [0.25, 0.3) is 5.91 Å². The molecule has 2 N–H and O–H groups in total. The molecule has 0 radical (unpaired) electrons. The molecule has 1 rings (SSSR count). The van der Waals surface area contributed by atoms with Crippen LogP contribution in [-0.2, 0) is 10.1 Å². The topological polar surface area (TPSA) is 124 Å². The van der Waals surface area contributed by atoms with Gasteiger partial charge in [-0.25, -0.2) is 8.42 Å². The minimum absolute atomic E-state index is 0. The summed E-state index contributed by atoms with van der Waals surface area (Å²) in [5.41, 5.74) is 3.67. The summed E-state index contributed by atoms with van der Waals surface area (Å²) in [6, 6.07) is 1.37. The zero-order chi connectivity index (χ0) is 14.2. The van der Waals surface area contributed by atoms with E-state index in [4.69, 9.17) is 45.8 Å². The third-order valence-electron chi connectivity index (χ3n) is 1.89. The molecule has 0 aliphatic rings. The molecule has 0 heterocycles. The van der Waals surface area contributed by atoms with Crippen LogP contribution in [0.15, 0.2) is 4.90 Å². The Balaban J connectivity index is 0.00000324. The molecule has 0 spiro atoms. The van der Waals surface area contributed by atoms with E-state index in [9.17, 15) is 17.8 Å². The molecule has 0 aliphatic carbocycles. The number of nitrogens with two attached hydrogens (primary N) is 1. The molecule has 0 atom stereocenters. The van der Waals surface area contributed by atoms with Crippen LogP contribution in [-0.4, -0.2) is 18.9 Å². The van der Waals surface area contributed by atoms with Gasteiger partial charge in [0.15, 0.2) is 0 Å². The number of hydrogen-bond donors (Lipinski definition) is 1. The number of hydrogen-bond acceptors (Lipinski definition) is 5. The van der Waals surface area contributed by atoms with Crippen LogP contribution in [0, 0.1) is 11.3 Å². The fourth-order valence-corrected chi connectivity index (χ4v) is 3.15. The molecule has 0 saturated heterocycles. The fourth-order valence-electron chi connectivity index (χ4n) is 1.19. The second-order valence-corrected chi connectivity index (χ2v) is 5.40. The second kappa shape index (κ2) is 6.61. The fraction of sp³-hybridized carbons (Fsp3) is 0. The maximum atomic E-state index is 11.1. The molecule has 0 aromatic heterocycles. The number of halogens is 3. The summed E-state index contributed by atoms with van der Waals surface area (Å²) in [5.74, 6) is -1.11. The smallest absolute Gasteiger partial charge is 0.744 e. The first-order valence-electron chi connectivity index (χ1n) is 3.99. The van der Waals surface area contributed by atoms with Crippen molar-refractivity contribution in [2.75, 3.05) is 0 Å². The van der Waals surface area contributed by atoms with Gasteiger partial charge in [-0.05, 0) is 0 Å². The van der Waals surface area contributed by atoms with Gasteiger partial charge < -0.3 is 10.3 Å². The van der Waals surface area contributed by atoms with Crippen molar-refractivity contribution in [1.29, 1.82) is 5.26 Å². The van der Waals surface area contributed by atoms with Crippen LogP contribution in [0.3, 0.4) is 0 Å². The van der Waals surface area contributed by atoms with Crippen LogP contribution in [0.5, 0.6) is 0 Å². The molecule has 11 heteroatoms. The number of benzene rings is 1. The number of nitriles is 1. The van der Waals surface area contributed by atoms with Gasteiger partial charge in [0, 0.05) is 0 Å². The Morgan fingerprint density at radius 2 is 1.68 bits per heavy atom. The Morgan fingerprint density at radius 1 is 1.21 bits per heavy atom. The van der Waals surface area contributed by atoms with Crippen molar-refractivity contribution in [3.8, 4) is 6.07 Å². The molecule has 0 unspecified atom stereocenters. The Kier molecular flexibility index (Phi) is 6.59. The van der Waals surface area contributed by atoms with E-state index in [2.05, 4.69) is 0 Å². The van der Waals surface area contributed by atoms with Crippen molar-refractivity contribution in [1.82, 2.24) is 0 Å². The monoisotopic (exact) mass is 350 g/mol. The largest absolute Gasteiger partial charge is 1.00 e. The van der Waals surface area contributed by atoms with E-state index < -0.39 is 47.1 Å². The average Bonchev–Trinajstić information content (AvgIpc) is 2.20. The Hall–Kier alpha value is -0.0400. The minimum Gasteiger partial charge on any atom is -0.744 e. The third-order valence-corrected chi connectivity index (χ3v) is 4.14. The van der Waals surface area contributed by atoms with Crippen LogP contribution in [0.4, 0.5) is 0 Å². The molecular formula is C8H2Cl3N2NaO4S. The zero-order valence-corrected chi connectivity index (χ0v) is 14.3. The van der Waals surface area contributed by atoms with Gasteiger partial charge in [0.2, 0.25) is 0 Å². The number of rotatable bonds is 2. The molecule has 1 aromatic rings. The normalized spacial score (nSPS) is 10.5. The van der Waals surface area contributed by atoms with E-state index in [0.29, 0.717) is 0 Å². The van der Waals surface area contributed by atoms with Gasteiger partial charge in [-0.1, -0.05) is 34.8 Å². The predicted octanol–water partition coefficient (Wildman–Crippen LogP) is -1.47. The first-order chi connectivity index (χ1) is 8.12. The molecule has 96 valence electrons. The Labute approximate surface area is 145 Å². The molecule has 1 aromatic carbocycles. The SMILES string of the molecule is N#Cc1c(Cl)c(C(N)=O)c(Cl)c(Cl)c1S(=O)(=O)[O-].[Na+]. The van der Waals surface area contributed by atoms with Crippen LogP contribution >= 0.6 is 34.8 Å². The Morgan fingerprint density at radius 3 is 2.00 bits per heavy atom. The molecule has 6 nitrogen and oxygen atoms in total. The summed E-state index contributed by atoms with van der Waals surface area (Å²) in [6.45, 7) is 0. The van der Waals surface area contributed by atoms with Gasteiger partial charge in [-0.15, -0.1) is 0 Å².